The van der Waals surface area contributed by atoms with E-state index in [2.05, 4.69) is 42.5 Å². The third kappa shape index (κ3) is 14.3. The Morgan fingerprint density at radius 3 is 1.15 bits per heavy atom. The Morgan fingerprint density at radius 2 is 0.769 bits per heavy atom. The van der Waals surface area contributed by atoms with E-state index < -0.39 is 118 Å². The molecule has 0 aromatic heterocycles. The average molecular weight is 1670 g/mol. The lowest BCUT2D eigenvalue weighted by Gasteiger charge is -2.50. The first kappa shape index (κ1) is 82.3. The van der Waals surface area contributed by atoms with Crippen molar-refractivity contribution in [2.45, 2.75) is 140 Å². The highest BCUT2D eigenvalue weighted by Crippen LogP contribution is 2.64. The fourth-order valence-corrected chi connectivity index (χ4v) is 21.4. The van der Waals surface area contributed by atoms with Crippen LogP contribution in [0.3, 0.4) is 0 Å². The second kappa shape index (κ2) is 31.8. The van der Waals surface area contributed by atoms with Crippen molar-refractivity contribution in [3.63, 3.8) is 0 Å². The standard InChI is InChI=1S/C25H20F2O4S.C24H26F2O5S.C24H20O4S.C18H16F2O3S/c26-24(27,32(29)30)14-7-15-31-23(28)25-19-11-4-1-8-16(19)22(17-9-2-5-12-20(17)25)18-10-3-6-13-21(18)25;1-23(22(27)31-14-8-2-7-13-24(25,26)32(28,29)30)15-20-16-9-3-5-11-18(16)21(23)19-12-6-4-10-17(19)20;1-15(14-29(26)27)28-23(25)24-19-11-5-2-8-16(19)22(17-9-3-6-12-20(17)24)18-10-4-7-13-21(18)24;19-18(20,24(21,22)23)10-11-9-16-12-5-1-3-7-14(12)17(11)15-8-4-2-6-13(15)16/h1-6,8-13,22H,7,14-15H2,(H,29,30);3-6,9-12,20-21H,2,7-8,13-15H2,1H3,(H,28,29,30);2-13,15,22H,14H2,1H3,(H,26,27);1-8,11,16-17H,9-10H2,(H,21,22,23)/p-4. The van der Waals surface area contributed by atoms with Gasteiger partial charge in [0.1, 0.15) is 16.9 Å². The fraction of sp³-hybridized carbons (Fsp3) is 0.308. The third-order valence-corrected chi connectivity index (χ3v) is 27.8. The number of esters is 3. The van der Waals surface area contributed by atoms with E-state index in [1.165, 1.54) is 11.1 Å². The highest BCUT2D eigenvalue weighted by Gasteiger charge is 2.60. The van der Waals surface area contributed by atoms with Crippen molar-refractivity contribution in [3.8, 4) is 0 Å². The number of carbonyl (C=O) groups excluding carboxylic acids is 3. The number of halogens is 6. The van der Waals surface area contributed by atoms with Crippen LogP contribution < -0.4 is 0 Å². The van der Waals surface area contributed by atoms with E-state index in [-0.39, 0.29) is 79.7 Å². The second-order valence-corrected chi connectivity index (χ2v) is 36.2. The van der Waals surface area contributed by atoms with E-state index in [0.717, 1.165) is 100 Å². The maximum atomic E-state index is 13.9. The molecule has 12 aliphatic carbocycles. The molecule has 16 nitrogen and oxygen atoms in total. The van der Waals surface area contributed by atoms with Crippen LogP contribution in [-0.4, -0.2) is 102 Å². The minimum Gasteiger partial charge on any atom is -0.772 e. The Morgan fingerprint density at radius 1 is 0.436 bits per heavy atom. The molecular weight excluding hydrogens is 1590 g/mol. The van der Waals surface area contributed by atoms with Crippen LogP contribution >= 0.6 is 0 Å². The zero-order valence-corrected chi connectivity index (χ0v) is 66.4. The maximum Gasteiger partial charge on any atom is 0.334 e. The lowest BCUT2D eigenvalue weighted by Crippen LogP contribution is -2.49. The summed E-state index contributed by atoms with van der Waals surface area (Å²) >= 11 is -5.80. The summed E-state index contributed by atoms with van der Waals surface area (Å²) in [6, 6.07) is 79.0. The SMILES string of the molecule is CC(CS(=O)[O-])OC(=O)C12c3ccccc3C(c3ccccc31)c1ccccc12.CC1(C(=O)OCCCCCC(F)(F)S(=O)(=O)[O-])CC2c3ccccc3C1c1ccccc12.O=C(OCCCC(F)(F)S(=O)[O-])C12c3ccccc3C(c3ccccc31)c1ccccc12.O=S(=O)([O-])C(F)(F)CC1CC2c3ccccc3C1c1ccccc12. The average Bonchev–Trinajstić information content (AvgIpc) is 0.677. The molecule has 117 heavy (non-hydrogen) atoms. The van der Waals surface area contributed by atoms with Crippen molar-refractivity contribution in [2.75, 3.05) is 19.0 Å². The molecule has 608 valence electrons. The summed E-state index contributed by atoms with van der Waals surface area (Å²) in [6.45, 7) is 3.30. The zero-order valence-electron chi connectivity index (χ0n) is 63.1. The number of hydrogen-bond donors (Lipinski definition) is 0. The molecule has 0 aliphatic heterocycles. The van der Waals surface area contributed by atoms with Crippen molar-refractivity contribution >= 4 is 60.3 Å². The molecule has 0 amide bonds. The first-order chi connectivity index (χ1) is 55.8. The van der Waals surface area contributed by atoms with Gasteiger partial charge in [0.25, 0.3) is 0 Å². The molecular formula is C91H78F6O16S4-4. The molecule has 10 aromatic carbocycles. The van der Waals surface area contributed by atoms with Crippen LogP contribution in [0.15, 0.2) is 243 Å². The van der Waals surface area contributed by atoms with Crippen molar-refractivity contribution in [1.29, 1.82) is 0 Å². The van der Waals surface area contributed by atoms with E-state index in [4.69, 9.17) is 14.2 Å². The summed E-state index contributed by atoms with van der Waals surface area (Å²) in [5, 5.41) is -12.3. The summed E-state index contributed by atoms with van der Waals surface area (Å²) in [5.74, 6) is -2.35. The third-order valence-electron chi connectivity index (χ3n) is 24.5. The van der Waals surface area contributed by atoms with Gasteiger partial charge >= 0.3 is 33.7 Å². The Hall–Kier alpha value is -9.77. The van der Waals surface area contributed by atoms with Crippen LogP contribution in [0.4, 0.5) is 26.3 Å². The minimum atomic E-state index is -5.66. The van der Waals surface area contributed by atoms with Gasteiger partial charge in [0.05, 0.1) is 18.6 Å². The second-order valence-electron chi connectivity index (χ2n) is 31.2. The fourth-order valence-electron chi connectivity index (χ4n) is 19.8. The maximum absolute atomic E-state index is 13.9. The number of ether oxygens (including phenoxy) is 3. The van der Waals surface area contributed by atoms with Crippen LogP contribution in [0.25, 0.3) is 0 Å². The van der Waals surface area contributed by atoms with Gasteiger partial charge < -0.3 is 32.4 Å². The topological polar surface area (TPSA) is 274 Å². The zero-order chi connectivity index (χ0) is 82.9. The monoisotopic (exact) mass is 1670 g/mol. The van der Waals surface area contributed by atoms with Gasteiger partial charge in [-0.2, -0.15) is 26.3 Å². The van der Waals surface area contributed by atoms with Crippen molar-refractivity contribution in [1.82, 2.24) is 0 Å². The number of fused-ring (bicyclic) bond motifs is 2. The summed E-state index contributed by atoms with van der Waals surface area (Å²) in [6.07, 6.45) is -2.39. The highest BCUT2D eigenvalue weighted by molar-refractivity contribution is 7.87. The number of alkyl halides is 6. The highest BCUT2D eigenvalue weighted by atomic mass is 32.2. The molecule has 5 atom stereocenters. The molecule has 0 saturated heterocycles. The van der Waals surface area contributed by atoms with Gasteiger partial charge in [0.15, 0.2) is 20.2 Å². The number of unbranched alkanes of at least 4 members (excludes halogenated alkanes) is 2. The Bertz CT molecular complexity index is 5510. The van der Waals surface area contributed by atoms with Gasteiger partial charge in [-0.1, -0.05) is 254 Å². The van der Waals surface area contributed by atoms with E-state index in [1.54, 1.807) is 6.92 Å². The van der Waals surface area contributed by atoms with Gasteiger partial charge in [-0.3, -0.25) is 22.8 Å². The van der Waals surface area contributed by atoms with Crippen molar-refractivity contribution in [3.05, 3.63) is 354 Å². The predicted octanol–water partition coefficient (Wildman–Crippen LogP) is 17.0. The smallest absolute Gasteiger partial charge is 0.334 e. The van der Waals surface area contributed by atoms with Crippen LogP contribution in [0, 0.1) is 11.3 Å². The van der Waals surface area contributed by atoms with E-state index >= 15 is 0 Å². The first-order valence-electron chi connectivity index (χ1n) is 38.5. The van der Waals surface area contributed by atoms with Gasteiger partial charge in [-0.25, -0.2) is 16.8 Å². The summed E-state index contributed by atoms with van der Waals surface area (Å²) in [5.41, 5.74) is 17.5. The van der Waals surface area contributed by atoms with Crippen LogP contribution in [-0.2, 0) is 81.8 Å². The number of hydrogen-bond acceptors (Lipinski definition) is 16. The summed E-state index contributed by atoms with van der Waals surface area (Å²) in [4.78, 5) is 40.8. The van der Waals surface area contributed by atoms with Crippen LogP contribution in [0.2, 0.25) is 0 Å². The van der Waals surface area contributed by atoms with E-state index in [1.807, 2.05) is 207 Å². The number of benzene rings is 10. The van der Waals surface area contributed by atoms with E-state index in [9.17, 15) is 84.2 Å². The molecule has 5 unspecified atom stereocenters. The van der Waals surface area contributed by atoms with Crippen molar-refractivity contribution < 1.29 is 98.4 Å². The molecule has 0 fully saturated rings. The van der Waals surface area contributed by atoms with Gasteiger partial charge in [0, 0.05) is 71.6 Å². The van der Waals surface area contributed by atoms with Crippen LogP contribution in [0.5, 0.6) is 0 Å². The largest absolute Gasteiger partial charge is 0.772 e. The molecule has 12 aliphatic rings. The van der Waals surface area contributed by atoms with Gasteiger partial charge in [-0.15, -0.1) is 0 Å². The number of carbonyl (C=O) groups is 3. The summed E-state index contributed by atoms with van der Waals surface area (Å²) in [7, 11) is -11.3. The van der Waals surface area contributed by atoms with Crippen molar-refractivity contribution in [2.24, 2.45) is 11.3 Å². The Labute approximate surface area is 678 Å². The molecule has 0 radical (unpaired) electrons. The quantitative estimate of drug-likeness (QED) is 0.0161. The summed E-state index contributed by atoms with van der Waals surface area (Å²) < 4.78 is 206. The predicted molar refractivity (Wildman–Crippen MR) is 421 cm³/mol. The molecule has 0 spiro atoms. The lowest BCUT2D eigenvalue weighted by molar-refractivity contribution is -0.157. The first-order valence-corrected chi connectivity index (χ1v) is 43.6. The Balaban J connectivity index is 0.000000123. The number of rotatable bonds is 21. The molecule has 0 heterocycles. The Kier molecular flexibility index (Phi) is 22.4. The van der Waals surface area contributed by atoms with Crippen LogP contribution in [0.1, 0.15) is 218 Å². The van der Waals surface area contributed by atoms with Gasteiger partial charge in [0.2, 0.25) is 0 Å². The van der Waals surface area contributed by atoms with E-state index in [0.29, 0.717) is 19.3 Å². The molecule has 0 saturated carbocycles. The molecule has 0 N–H and O–H groups in total. The molecule has 22 rings (SSSR count). The van der Waals surface area contributed by atoms with Gasteiger partial charge in [-0.05, 0) is 170 Å². The molecule has 26 heteroatoms. The molecule has 8 bridgehead atoms. The lowest BCUT2D eigenvalue weighted by atomic mass is 9.53. The molecule has 10 aromatic rings. The normalized spacial score (nSPS) is 23.2. The minimum absolute atomic E-state index is 0.000926.